The number of primary sulfonamides is 1. The Kier molecular flexibility index (Phi) is 4.65. The molecule has 1 aliphatic heterocycles. The summed E-state index contributed by atoms with van der Waals surface area (Å²) in [6.07, 6.45) is 2.26. The van der Waals surface area contributed by atoms with E-state index in [-0.39, 0.29) is 11.5 Å². The van der Waals surface area contributed by atoms with E-state index in [4.69, 9.17) is 10.2 Å². The summed E-state index contributed by atoms with van der Waals surface area (Å²) in [4.78, 5) is 10.6. The number of aliphatic hydroxyl groups is 1. The average Bonchev–Trinajstić information content (AvgIpc) is 2.58. The number of hydrogen-bond donors (Lipinski definition) is 3. The lowest BCUT2D eigenvalue weighted by molar-refractivity contribution is 0.311. The van der Waals surface area contributed by atoms with E-state index in [0.717, 1.165) is 29.9 Å². The van der Waals surface area contributed by atoms with Gasteiger partial charge in [-0.2, -0.15) is 0 Å². The lowest BCUT2D eigenvalue weighted by Crippen LogP contribution is -2.31. The van der Waals surface area contributed by atoms with E-state index in [1.54, 1.807) is 12.1 Å². The van der Waals surface area contributed by atoms with Gasteiger partial charge in [-0.1, -0.05) is 6.07 Å². The van der Waals surface area contributed by atoms with Crippen molar-refractivity contribution in [3.63, 3.8) is 0 Å². The predicted octanol–water partition coefficient (Wildman–Crippen LogP) is 0.0909. The molecule has 1 aromatic carbocycles. The third-order valence-electron chi connectivity index (χ3n) is 3.91. The Bertz CT molecular complexity index is 841. The van der Waals surface area contributed by atoms with Gasteiger partial charge < -0.3 is 15.3 Å². The number of rotatable bonds is 5. The van der Waals surface area contributed by atoms with Crippen LogP contribution >= 0.6 is 0 Å². The van der Waals surface area contributed by atoms with Crippen LogP contribution in [0.3, 0.4) is 0 Å². The Balaban J connectivity index is 1.84. The monoisotopic (exact) mass is 349 g/mol. The van der Waals surface area contributed by atoms with E-state index < -0.39 is 10.0 Å². The molecule has 0 amide bonds. The van der Waals surface area contributed by atoms with Crippen LogP contribution in [0.1, 0.15) is 11.1 Å². The van der Waals surface area contributed by atoms with Gasteiger partial charge in [0.05, 0.1) is 11.5 Å². The van der Waals surface area contributed by atoms with Gasteiger partial charge in [0, 0.05) is 25.7 Å². The smallest absolute Gasteiger partial charge is 0.238 e. The molecular weight excluding hydrogens is 330 g/mol. The summed E-state index contributed by atoms with van der Waals surface area (Å²) in [6, 6.07) is 6.80. The Morgan fingerprint density at radius 3 is 2.83 bits per heavy atom. The molecule has 0 aliphatic carbocycles. The Morgan fingerprint density at radius 2 is 2.08 bits per heavy atom. The molecule has 24 heavy (non-hydrogen) atoms. The van der Waals surface area contributed by atoms with Crippen LogP contribution in [0.2, 0.25) is 0 Å². The van der Waals surface area contributed by atoms with Crippen LogP contribution in [0.5, 0.6) is 0 Å². The predicted molar refractivity (Wildman–Crippen MR) is 90.2 cm³/mol. The number of nitrogens with two attached hydrogens (primary N) is 1. The van der Waals surface area contributed by atoms with E-state index >= 15 is 0 Å². The minimum Gasteiger partial charge on any atom is -0.395 e. The number of aliphatic hydroxyl groups excluding tert-OH is 1. The van der Waals surface area contributed by atoms with Crippen LogP contribution in [0.15, 0.2) is 35.5 Å². The number of aromatic nitrogens is 2. The summed E-state index contributed by atoms with van der Waals surface area (Å²) in [5.74, 6) is 1.38. The normalized spacial score (nSPS) is 14.3. The van der Waals surface area contributed by atoms with E-state index in [1.807, 2.05) is 12.1 Å². The number of anilines is 2. The minimum absolute atomic E-state index is 0.0206. The quantitative estimate of drug-likeness (QED) is 0.699. The number of sulfonamides is 1. The summed E-state index contributed by atoms with van der Waals surface area (Å²) in [7, 11) is -3.71. The molecule has 4 N–H and O–H groups in total. The highest BCUT2D eigenvalue weighted by atomic mass is 32.2. The highest BCUT2D eigenvalue weighted by Crippen LogP contribution is 2.25. The second-order valence-corrected chi connectivity index (χ2v) is 7.12. The van der Waals surface area contributed by atoms with Crippen LogP contribution in [0.4, 0.5) is 11.6 Å². The Labute approximate surface area is 140 Å². The summed E-state index contributed by atoms with van der Waals surface area (Å²) in [5, 5.41) is 17.1. The van der Waals surface area contributed by atoms with Crippen molar-refractivity contribution in [2.24, 2.45) is 5.14 Å². The molecule has 2 heterocycles. The molecule has 1 aromatic heterocycles. The molecule has 0 radical (unpaired) electrons. The van der Waals surface area contributed by atoms with Gasteiger partial charge in [0.1, 0.15) is 18.0 Å². The standard InChI is InChI=1S/C15H19N5O3S/c16-24(22,23)13-2-1-11-3-5-20(9-12(11)7-13)15-8-14(17-4-6-21)18-10-19-15/h1-2,7-8,10,21H,3-6,9H2,(H2,16,22,23)(H,17,18,19). The Morgan fingerprint density at radius 1 is 1.25 bits per heavy atom. The van der Waals surface area contributed by atoms with Crippen LogP contribution in [-0.4, -0.2) is 43.2 Å². The molecule has 0 saturated carbocycles. The van der Waals surface area contributed by atoms with Crippen LogP contribution in [0, 0.1) is 0 Å². The SMILES string of the molecule is NS(=O)(=O)c1ccc2c(c1)CN(c1cc(NCCO)ncn1)CC2. The molecule has 2 aromatic rings. The van der Waals surface area contributed by atoms with Crippen molar-refractivity contribution in [2.75, 3.05) is 29.9 Å². The van der Waals surface area contributed by atoms with E-state index in [0.29, 0.717) is 18.9 Å². The molecule has 0 spiro atoms. The molecule has 0 unspecified atom stereocenters. The molecule has 0 saturated heterocycles. The Hall–Kier alpha value is -2.23. The molecule has 0 bridgehead atoms. The van der Waals surface area contributed by atoms with Crippen molar-refractivity contribution in [1.82, 2.24) is 9.97 Å². The topological polar surface area (TPSA) is 121 Å². The van der Waals surface area contributed by atoms with Gasteiger partial charge in [-0.15, -0.1) is 0 Å². The molecule has 1 aliphatic rings. The number of benzene rings is 1. The molecule has 8 nitrogen and oxygen atoms in total. The molecule has 0 fully saturated rings. The zero-order valence-corrected chi connectivity index (χ0v) is 13.8. The van der Waals surface area contributed by atoms with Crippen LogP contribution in [0.25, 0.3) is 0 Å². The fourth-order valence-electron chi connectivity index (χ4n) is 2.71. The molecule has 128 valence electrons. The van der Waals surface area contributed by atoms with Gasteiger partial charge in [0.15, 0.2) is 0 Å². The van der Waals surface area contributed by atoms with Crippen LogP contribution < -0.4 is 15.4 Å². The minimum atomic E-state index is -3.71. The first-order valence-electron chi connectivity index (χ1n) is 7.54. The van der Waals surface area contributed by atoms with Gasteiger partial charge in [-0.3, -0.25) is 0 Å². The van der Waals surface area contributed by atoms with Crippen LogP contribution in [-0.2, 0) is 23.0 Å². The van der Waals surface area contributed by atoms with E-state index in [2.05, 4.69) is 20.2 Å². The first kappa shape index (κ1) is 16.6. The maximum Gasteiger partial charge on any atom is 0.238 e. The van der Waals surface area contributed by atoms with Crippen molar-refractivity contribution in [2.45, 2.75) is 17.9 Å². The first-order chi connectivity index (χ1) is 11.5. The third-order valence-corrected chi connectivity index (χ3v) is 4.82. The largest absolute Gasteiger partial charge is 0.395 e. The number of fused-ring (bicyclic) bond motifs is 1. The van der Waals surface area contributed by atoms with Gasteiger partial charge in [-0.25, -0.2) is 23.5 Å². The summed E-state index contributed by atoms with van der Waals surface area (Å²) < 4.78 is 23.1. The average molecular weight is 349 g/mol. The van der Waals surface area contributed by atoms with Gasteiger partial charge in [0.2, 0.25) is 10.0 Å². The maximum atomic E-state index is 11.5. The summed E-state index contributed by atoms with van der Waals surface area (Å²) in [6.45, 7) is 1.76. The van der Waals surface area contributed by atoms with Crippen molar-refractivity contribution < 1.29 is 13.5 Å². The number of nitrogens with one attached hydrogen (secondary N) is 1. The highest BCUT2D eigenvalue weighted by molar-refractivity contribution is 7.89. The van der Waals surface area contributed by atoms with Gasteiger partial charge in [-0.05, 0) is 29.7 Å². The summed E-state index contributed by atoms with van der Waals surface area (Å²) in [5.41, 5.74) is 2.04. The molecule has 0 atom stereocenters. The molecule has 9 heteroatoms. The van der Waals surface area contributed by atoms with E-state index in [1.165, 1.54) is 6.33 Å². The number of nitrogens with zero attached hydrogens (tertiary/aromatic N) is 3. The van der Waals surface area contributed by atoms with Crippen molar-refractivity contribution in [1.29, 1.82) is 0 Å². The van der Waals surface area contributed by atoms with Gasteiger partial charge in [0.25, 0.3) is 0 Å². The second-order valence-electron chi connectivity index (χ2n) is 5.56. The second kappa shape index (κ2) is 6.71. The lowest BCUT2D eigenvalue weighted by atomic mass is 10.00. The van der Waals surface area contributed by atoms with Crippen molar-refractivity contribution in [3.8, 4) is 0 Å². The van der Waals surface area contributed by atoms with Crippen molar-refractivity contribution in [3.05, 3.63) is 41.7 Å². The molecular formula is C15H19N5O3S. The summed E-state index contributed by atoms with van der Waals surface area (Å²) >= 11 is 0. The zero-order chi connectivity index (χ0) is 17.2. The number of hydrogen-bond acceptors (Lipinski definition) is 7. The third kappa shape index (κ3) is 3.64. The van der Waals surface area contributed by atoms with E-state index in [9.17, 15) is 8.42 Å². The van der Waals surface area contributed by atoms with Crippen molar-refractivity contribution >= 4 is 21.7 Å². The fraction of sp³-hybridized carbons (Fsp3) is 0.333. The first-order valence-corrected chi connectivity index (χ1v) is 9.08. The zero-order valence-electron chi connectivity index (χ0n) is 13.0. The van der Waals surface area contributed by atoms with Gasteiger partial charge >= 0.3 is 0 Å². The lowest BCUT2D eigenvalue weighted by Gasteiger charge is -2.30. The maximum absolute atomic E-state index is 11.5. The molecule has 3 rings (SSSR count). The fourth-order valence-corrected chi connectivity index (χ4v) is 3.27. The highest BCUT2D eigenvalue weighted by Gasteiger charge is 2.20.